The van der Waals surface area contributed by atoms with Crippen molar-refractivity contribution in [2.75, 3.05) is 13.6 Å². The van der Waals surface area contributed by atoms with Gasteiger partial charge in [0.25, 0.3) is 11.9 Å². The first kappa shape index (κ1) is 19.7. The van der Waals surface area contributed by atoms with E-state index in [2.05, 4.69) is 13.8 Å². The fourth-order valence-electron chi connectivity index (χ4n) is 2.56. The lowest BCUT2D eigenvalue weighted by Crippen LogP contribution is -2.33. The van der Waals surface area contributed by atoms with Gasteiger partial charge < -0.3 is 10.0 Å². The number of hydrogen-bond acceptors (Lipinski definition) is 3. The van der Waals surface area contributed by atoms with E-state index in [0.29, 0.717) is 18.9 Å². The molecule has 1 unspecified atom stereocenters. The molecular weight excluding hydrogens is 308 g/mol. The zero-order chi connectivity index (χ0) is 18.3. The topological polar surface area (TPSA) is 77.9 Å². The van der Waals surface area contributed by atoms with Crippen LogP contribution in [0.3, 0.4) is 0 Å². The Morgan fingerprint density at radius 2 is 1.75 bits per heavy atom. The summed E-state index contributed by atoms with van der Waals surface area (Å²) < 4.78 is 0. The van der Waals surface area contributed by atoms with Crippen molar-refractivity contribution >= 4 is 17.9 Å². The van der Waals surface area contributed by atoms with Gasteiger partial charge in [-0.2, -0.15) is 0 Å². The van der Waals surface area contributed by atoms with Gasteiger partial charge in [-0.25, -0.2) is 4.79 Å². The van der Waals surface area contributed by atoms with Crippen molar-refractivity contribution in [1.82, 2.24) is 9.80 Å². The number of benzene rings is 1. The molecule has 1 aliphatic rings. The van der Waals surface area contributed by atoms with Gasteiger partial charge in [0.05, 0.1) is 0 Å². The fraction of sp³-hybridized carbons (Fsp3) is 0.500. The van der Waals surface area contributed by atoms with E-state index in [0.717, 1.165) is 18.9 Å². The minimum atomic E-state index is -0.833. The molecule has 6 nitrogen and oxygen atoms in total. The lowest BCUT2D eigenvalue weighted by atomic mass is 10.0. The molecule has 1 aliphatic heterocycles. The van der Waals surface area contributed by atoms with E-state index in [1.165, 1.54) is 4.90 Å². The van der Waals surface area contributed by atoms with Crippen molar-refractivity contribution in [3.8, 4) is 0 Å². The van der Waals surface area contributed by atoms with Crippen LogP contribution >= 0.6 is 0 Å². The number of carboxylic acids is 1. The smallest absolute Gasteiger partial charge is 0.327 e. The van der Waals surface area contributed by atoms with E-state index in [1.807, 2.05) is 30.3 Å². The molecule has 1 heterocycles. The zero-order valence-electron chi connectivity index (χ0n) is 14.7. The lowest BCUT2D eigenvalue weighted by Gasteiger charge is -2.17. The van der Waals surface area contributed by atoms with Crippen molar-refractivity contribution in [2.45, 2.75) is 39.7 Å². The Morgan fingerprint density at radius 1 is 1.21 bits per heavy atom. The van der Waals surface area contributed by atoms with Crippen LogP contribution in [-0.2, 0) is 16.0 Å². The summed E-state index contributed by atoms with van der Waals surface area (Å²) in [5, 5.41) is 7.42. The van der Waals surface area contributed by atoms with E-state index in [9.17, 15) is 9.59 Å². The Labute approximate surface area is 143 Å². The first-order chi connectivity index (χ1) is 11.2. The van der Waals surface area contributed by atoms with Gasteiger partial charge >= 0.3 is 6.03 Å². The minimum absolute atomic E-state index is 0.0536. The van der Waals surface area contributed by atoms with Gasteiger partial charge in [-0.15, -0.1) is 0 Å². The van der Waals surface area contributed by atoms with Crippen molar-refractivity contribution in [1.29, 1.82) is 0 Å². The molecule has 0 saturated carbocycles. The molecule has 1 N–H and O–H groups in total. The number of imide groups is 1. The van der Waals surface area contributed by atoms with Crippen molar-refractivity contribution in [3.05, 3.63) is 35.9 Å². The molecule has 1 aromatic carbocycles. The molecule has 0 spiro atoms. The number of nitrogens with zero attached hydrogens (tertiary/aromatic N) is 2. The average Bonchev–Trinajstić information content (AvgIpc) is 2.70. The molecule has 24 heavy (non-hydrogen) atoms. The number of carbonyl (C=O) groups is 3. The third-order valence-electron chi connectivity index (χ3n) is 3.71. The highest BCUT2D eigenvalue weighted by molar-refractivity contribution is 6.04. The normalized spacial score (nSPS) is 17.1. The summed E-state index contributed by atoms with van der Waals surface area (Å²) in [5.41, 5.74) is 1.14. The minimum Gasteiger partial charge on any atom is -0.481 e. The first-order valence-corrected chi connectivity index (χ1v) is 8.05. The number of amides is 3. The molecule has 2 rings (SSSR count). The van der Waals surface area contributed by atoms with Crippen molar-refractivity contribution in [3.63, 3.8) is 0 Å². The third-order valence-corrected chi connectivity index (χ3v) is 3.71. The van der Waals surface area contributed by atoms with E-state index in [-0.39, 0.29) is 18.0 Å². The summed E-state index contributed by atoms with van der Waals surface area (Å²) in [6.07, 6.45) is 1.43. The van der Waals surface area contributed by atoms with Crippen LogP contribution in [0.25, 0.3) is 0 Å². The molecule has 0 aromatic heterocycles. The number of carboxylic acid groups (broad SMARTS) is 1. The summed E-state index contributed by atoms with van der Waals surface area (Å²) >= 11 is 0. The van der Waals surface area contributed by atoms with Crippen LogP contribution in [0.4, 0.5) is 4.79 Å². The molecule has 0 bridgehead atoms. The number of likely N-dealkylation sites (N-methyl/N-ethyl adjacent to an activating group) is 1. The highest BCUT2D eigenvalue weighted by atomic mass is 16.4. The van der Waals surface area contributed by atoms with Crippen LogP contribution in [0.2, 0.25) is 0 Å². The van der Waals surface area contributed by atoms with Gasteiger partial charge in [0, 0.05) is 20.5 Å². The number of urea groups is 1. The Balaban J connectivity index is 0.000000648. The molecule has 3 amide bonds. The monoisotopic (exact) mass is 334 g/mol. The van der Waals surface area contributed by atoms with Crippen LogP contribution in [0.1, 0.15) is 32.8 Å². The van der Waals surface area contributed by atoms with E-state index >= 15 is 0 Å². The SMILES string of the molecule is CC(=O)O.CC(C)CC1C(=O)N(CCc2ccccc2)C(=O)N1C. The van der Waals surface area contributed by atoms with Gasteiger partial charge in [0.15, 0.2) is 0 Å². The Kier molecular flexibility index (Phi) is 7.42. The van der Waals surface area contributed by atoms with Gasteiger partial charge in [-0.3, -0.25) is 14.5 Å². The van der Waals surface area contributed by atoms with Crippen LogP contribution < -0.4 is 0 Å². The van der Waals surface area contributed by atoms with Crippen molar-refractivity contribution in [2.24, 2.45) is 5.92 Å². The third kappa shape index (κ3) is 5.68. The fourth-order valence-corrected chi connectivity index (χ4v) is 2.56. The number of rotatable bonds is 5. The molecule has 0 radical (unpaired) electrons. The Morgan fingerprint density at radius 3 is 2.25 bits per heavy atom. The molecule has 6 heteroatoms. The summed E-state index contributed by atoms with van der Waals surface area (Å²) in [6, 6.07) is 9.46. The number of carbonyl (C=O) groups excluding carboxylic acids is 2. The average molecular weight is 334 g/mol. The highest BCUT2D eigenvalue weighted by Gasteiger charge is 2.42. The standard InChI is InChI=1S/C16H22N2O2.C2H4O2/c1-12(2)11-14-15(19)18(16(20)17(14)3)10-9-13-7-5-4-6-8-13;1-2(3)4/h4-8,12,14H,9-11H2,1-3H3;1H3,(H,3,4). The van der Waals surface area contributed by atoms with E-state index in [4.69, 9.17) is 9.90 Å². The van der Waals surface area contributed by atoms with E-state index < -0.39 is 5.97 Å². The Bertz CT molecular complexity index is 568. The first-order valence-electron chi connectivity index (χ1n) is 8.05. The summed E-state index contributed by atoms with van der Waals surface area (Å²) in [7, 11) is 1.72. The predicted octanol–water partition coefficient (Wildman–Crippen LogP) is 2.63. The second-order valence-electron chi connectivity index (χ2n) is 6.28. The van der Waals surface area contributed by atoms with Crippen LogP contribution in [0.15, 0.2) is 30.3 Å². The quantitative estimate of drug-likeness (QED) is 0.840. The largest absolute Gasteiger partial charge is 0.481 e. The second-order valence-corrected chi connectivity index (χ2v) is 6.28. The molecule has 1 fully saturated rings. The number of hydrogen-bond donors (Lipinski definition) is 1. The second kappa shape index (κ2) is 9.05. The maximum absolute atomic E-state index is 12.3. The van der Waals surface area contributed by atoms with Crippen molar-refractivity contribution < 1.29 is 19.5 Å². The number of aliphatic carboxylic acids is 1. The zero-order valence-corrected chi connectivity index (χ0v) is 14.7. The van der Waals surface area contributed by atoms with Gasteiger partial charge in [-0.1, -0.05) is 44.2 Å². The predicted molar refractivity (Wildman–Crippen MR) is 91.6 cm³/mol. The van der Waals surface area contributed by atoms with Crippen LogP contribution in [-0.4, -0.2) is 52.4 Å². The molecule has 1 aromatic rings. The van der Waals surface area contributed by atoms with Crippen LogP contribution in [0, 0.1) is 5.92 Å². The molecule has 1 atom stereocenters. The summed E-state index contributed by atoms with van der Waals surface area (Å²) in [5.74, 6) is -0.490. The maximum atomic E-state index is 12.3. The van der Waals surface area contributed by atoms with Gasteiger partial charge in [-0.05, 0) is 24.3 Å². The Hall–Kier alpha value is -2.37. The molecule has 0 aliphatic carbocycles. The summed E-state index contributed by atoms with van der Waals surface area (Å²) in [4.78, 5) is 36.5. The molecular formula is C18H26N2O4. The maximum Gasteiger partial charge on any atom is 0.327 e. The summed E-state index contributed by atoms with van der Waals surface area (Å²) in [6.45, 7) is 5.68. The van der Waals surface area contributed by atoms with Crippen LogP contribution in [0.5, 0.6) is 0 Å². The van der Waals surface area contributed by atoms with Gasteiger partial charge in [0.1, 0.15) is 6.04 Å². The molecule has 1 saturated heterocycles. The lowest BCUT2D eigenvalue weighted by molar-refractivity contribution is -0.134. The van der Waals surface area contributed by atoms with Gasteiger partial charge in [0.2, 0.25) is 0 Å². The highest BCUT2D eigenvalue weighted by Crippen LogP contribution is 2.21. The van der Waals surface area contributed by atoms with E-state index in [1.54, 1.807) is 11.9 Å². The molecule has 132 valence electrons.